The summed E-state index contributed by atoms with van der Waals surface area (Å²) in [7, 11) is 0. The Morgan fingerprint density at radius 3 is 1.03 bits per heavy atom. The van der Waals surface area contributed by atoms with Gasteiger partial charge in [-0.05, 0) is 0 Å². The average Bonchev–Trinajstić information content (AvgIpc) is 2.72. The van der Waals surface area contributed by atoms with Crippen molar-refractivity contribution in [2.45, 2.75) is 119 Å². The van der Waals surface area contributed by atoms with Crippen LogP contribution in [0, 0.1) is 34.0 Å². The second-order valence-electron chi connectivity index (χ2n) is 13.0. The van der Waals surface area contributed by atoms with Gasteiger partial charge in [-0.25, -0.2) is 0 Å². The molecule has 3 aliphatic rings. The average molecular weight is 580 g/mol. The van der Waals surface area contributed by atoms with Gasteiger partial charge in [0.05, 0.1) is 0 Å². The number of hydrogen-bond acceptors (Lipinski definition) is 6. The van der Waals surface area contributed by atoms with E-state index >= 15 is 0 Å². The molecule has 3 aliphatic carbocycles. The van der Waals surface area contributed by atoms with Crippen molar-refractivity contribution < 1.29 is 22.9 Å². The Morgan fingerprint density at radius 2 is 0.794 bits per heavy atom. The molecule has 0 heterocycles. The van der Waals surface area contributed by atoms with Gasteiger partial charge in [0.15, 0.2) is 0 Å². The molecule has 0 aromatic heterocycles. The topological polar surface area (TPSA) is 78.9 Å². The Balaban J connectivity index is 1.75. The van der Waals surface area contributed by atoms with Crippen LogP contribution in [0.15, 0.2) is 0 Å². The van der Waals surface area contributed by atoms with Crippen LogP contribution in [0.3, 0.4) is 0 Å². The summed E-state index contributed by atoms with van der Waals surface area (Å²) in [6.45, 7) is 12.6. The van der Waals surface area contributed by atoms with Gasteiger partial charge in [0.25, 0.3) is 0 Å². The van der Waals surface area contributed by atoms with Crippen molar-refractivity contribution in [2.75, 3.05) is 0 Å². The van der Waals surface area contributed by atoms with Gasteiger partial charge in [0.1, 0.15) is 0 Å². The maximum atomic E-state index is 13.2. The first-order chi connectivity index (χ1) is 15.8. The van der Waals surface area contributed by atoms with Crippen LogP contribution < -0.4 is 0 Å². The van der Waals surface area contributed by atoms with Crippen LogP contribution in [-0.2, 0) is 22.9 Å². The van der Waals surface area contributed by atoms with Crippen LogP contribution in [-0.4, -0.2) is 40.7 Å². The Morgan fingerprint density at radius 1 is 0.529 bits per heavy atom. The number of carbonyl (C=O) groups excluding carboxylic acids is 3. The van der Waals surface area contributed by atoms with Crippen molar-refractivity contribution >= 4 is 40.7 Å². The van der Waals surface area contributed by atoms with Gasteiger partial charge in [0.2, 0.25) is 0 Å². The molecule has 0 N–H and O–H groups in total. The summed E-state index contributed by atoms with van der Waals surface area (Å²) in [5.74, 6) is -1.81. The summed E-state index contributed by atoms with van der Waals surface area (Å²) in [6.07, 6.45) is 11.4. The predicted octanol–water partition coefficient (Wildman–Crippen LogP) is 6.25. The summed E-state index contributed by atoms with van der Waals surface area (Å²) in [6, 6.07) is 0. The van der Waals surface area contributed by atoms with E-state index in [4.69, 9.17) is 8.56 Å². The molecule has 7 heteroatoms. The zero-order valence-corrected chi connectivity index (χ0v) is 25.5. The zero-order chi connectivity index (χ0) is 25.1. The third-order valence-corrected chi connectivity index (χ3v) is 12.6. The first-order valence-corrected chi connectivity index (χ1v) is 17.5. The minimum absolute atomic E-state index is 0.170. The molecular weight excluding hydrogens is 535 g/mol. The number of hydrogen-bond donors (Lipinski definition) is 0. The monoisotopic (exact) mass is 580 g/mol. The van der Waals surface area contributed by atoms with Crippen molar-refractivity contribution in [1.82, 2.24) is 0 Å². The molecule has 3 fully saturated rings. The van der Waals surface area contributed by atoms with E-state index in [9.17, 15) is 14.4 Å². The summed E-state index contributed by atoms with van der Waals surface area (Å²) in [5, 5.41) is 0. The van der Waals surface area contributed by atoms with E-state index in [0.717, 1.165) is 77.0 Å². The molecule has 0 aliphatic heterocycles. The summed E-state index contributed by atoms with van der Waals surface area (Å²) in [5.41, 5.74) is -0.510. The number of rotatable bonds is 6. The molecule has 0 amide bonds. The Kier molecular flexibility index (Phi) is 9.12. The molecule has 0 saturated heterocycles. The second kappa shape index (κ2) is 11.1. The van der Waals surface area contributed by atoms with Gasteiger partial charge in [-0.1, -0.05) is 0 Å². The Hall–Kier alpha value is -0.720. The molecule has 6 nitrogen and oxygen atoms in total. The SMILES string of the molecule is CC1(C)CCCCC1C(=O)[O][In]([O]C(=O)C1CCCCC1(C)C)[O]C(=O)C1CCCCC1(C)C. The predicted molar refractivity (Wildman–Crippen MR) is 131 cm³/mol. The summed E-state index contributed by atoms with van der Waals surface area (Å²) < 4.78 is 17.6. The van der Waals surface area contributed by atoms with E-state index in [1.807, 2.05) is 0 Å². The zero-order valence-electron chi connectivity index (χ0n) is 22.2. The quantitative estimate of drug-likeness (QED) is 0.370. The minimum atomic E-state index is -4.22. The van der Waals surface area contributed by atoms with Crippen molar-refractivity contribution in [2.24, 2.45) is 34.0 Å². The van der Waals surface area contributed by atoms with Gasteiger partial charge in [0, 0.05) is 0 Å². The first-order valence-electron chi connectivity index (χ1n) is 13.4. The van der Waals surface area contributed by atoms with Crippen LogP contribution in [0.5, 0.6) is 0 Å². The molecular formula is C27H45InO6. The van der Waals surface area contributed by atoms with Crippen molar-refractivity contribution in [3.63, 3.8) is 0 Å². The third kappa shape index (κ3) is 6.73. The molecule has 192 valence electrons. The normalized spacial score (nSPS) is 30.0. The summed E-state index contributed by atoms with van der Waals surface area (Å²) >= 11 is -4.22. The molecule has 3 saturated carbocycles. The van der Waals surface area contributed by atoms with Crippen LogP contribution in [0.1, 0.15) is 119 Å². The van der Waals surface area contributed by atoms with Gasteiger partial charge in [-0.3, -0.25) is 0 Å². The fourth-order valence-corrected chi connectivity index (χ4v) is 9.84. The van der Waals surface area contributed by atoms with E-state index in [-0.39, 0.29) is 51.9 Å². The van der Waals surface area contributed by atoms with Crippen LogP contribution in [0.2, 0.25) is 0 Å². The summed E-state index contributed by atoms with van der Waals surface area (Å²) in [4.78, 5) is 39.7. The molecule has 0 aromatic carbocycles. The van der Waals surface area contributed by atoms with Gasteiger partial charge in [-0.15, -0.1) is 0 Å². The van der Waals surface area contributed by atoms with E-state index < -0.39 is 22.7 Å². The third-order valence-electron chi connectivity index (χ3n) is 9.01. The van der Waals surface area contributed by atoms with Crippen LogP contribution in [0.25, 0.3) is 0 Å². The second-order valence-corrected chi connectivity index (χ2v) is 16.6. The van der Waals surface area contributed by atoms with Gasteiger partial charge >= 0.3 is 216 Å². The Bertz CT molecular complexity index is 658. The van der Waals surface area contributed by atoms with E-state index in [2.05, 4.69) is 41.5 Å². The molecule has 0 spiro atoms. The van der Waals surface area contributed by atoms with Crippen LogP contribution in [0.4, 0.5) is 0 Å². The van der Waals surface area contributed by atoms with E-state index in [1.54, 1.807) is 0 Å². The molecule has 0 radical (unpaired) electrons. The van der Waals surface area contributed by atoms with Crippen molar-refractivity contribution in [3.8, 4) is 0 Å². The molecule has 34 heavy (non-hydrogen) atoms. The molecule has 0 aromatic rings. The Labute approximate surface area is 215 Å². The molecule has 0 bridgehead atoms. The van der Waals surface area contributed by atoms with Gasteiger partial charge in [-0.2, -0.15) is 0 Å². The number of carbonyl (C=O) groups is 3. The van der Waals surface area contributed by atoms with Crippen molar-refractivity contribution in [3.05, 3.63) is 0 Å². The fourth-order valence-electron chi connectivity index (χ4n) is 6.40. The maximum absolute atomic E-state index is 13.2. The standard InChI is InChI=1S/3C9H16O2.In/c3*1-9(2)6-4-3-5-7(9)8(10)11;/h3*7H,3-6H2,1-2H3,(H,10,11);/q;;;+3/p-3. The van der Waals surface area contributed by atoms with Gasteiger partial charge < -0.3 is 0 Å². The molecule has 3 unspecified atom stereocenters. The van der Waals surface area contributed by atoms with E-state index in [0.29, 0.717) is 0 Å². The van der Waals surface area contributed by atoms with Crippen LogP contribution >= 0.6 is 0 Å². The molecule has 3 atom stereocenters. The molecule has 3 rings (SSSR count). The first kappa shape index (κ1) is 27.9. The van der Waals surface area contributed by atoms with E-state index in [1.165, 1.54) is 0 Å². The fraction of sp³-hybridized carbons (Fsp3) is 0.889. The van der Waals surface area contributed by atoms with Crippen molar-refractivity contribution in [1.29, 1.82) is 0 Å².